The number of hydrogen-bond donors (Lipinski definition) is 2. The van der Waals surface area contributed by atoms with Gasteiger partial charge in [0, 0.05) is 23.9 Å². The van der Waals surface area contributed by atoms with Crippen LogP contribution in [0.3, 0.4) is 0 Å². The molecule has 0 aromatic rings. The highest BCUT2D eigenvalue weighted by Gasteiger charge is 2.25. The molecule has 0 aromatic carbocycles. The molecule has 4 nitrogen and oxygen atoms in total. The van der Waals surface area contributed by atoms with E-state index in [0.29, 0.717) is 23.9 Å². The molecule has 1 aliphatic rings. The van der Waals surface area contributed by atoms with Gasteiger partial charge in [-0.3, -0.25) is 0 Å². The fourth-order valence-corrected chi connectivity index (χ4v) is 3.81. The van der Waals surface area contributed by atoms with Crippen LogP contribution in [0.25, 0.3) is 0 Å². The minimum atomic E-state index is -0.440. The third-order valence-corrected chi connectivity index (χ3v) is 5.23. The summed E-state index contributed by atoms with van der Waals surface area (Å²) in [5, 5.41) is 7.34. The van der Waals surface area contributed by atoms with Crippen LogP contribution in [0.4, 0.5) is 4.79 Å². The van der Waals surface area contributed by atoms with Crippen molar-refractivity contribution in [2.75, 3.05) is 12.3 Å². The average molecular weight is 331 g/mol. The van der Waals surface area contributed by atoms with Gasteiger partial charge in [-0.2, -0.15) is 11.8 Å². The fourth-order valence-electron chi connectivity index (χ4n) is 2.66. The third-order valence-electron chi connectivity index (χ3n) is 3.85. The first-order valence-corrected chi connectivity index (χ1v) is 9.71. The summed E-state index contributed by atoms with van der Waals surface area (Å²) in [5.41, 5.74) is -0.440. The van der Waals surface area contributed by atoms with E-state index in [1.165, 1.54) is 31.4 Å². The van der Waals surface area contributed by atoms with Crippen molar-refractivity contribution in [1.29, 1.82) is 0 Å². The van der Waals surface area contributed by atoms with Crippen molar-refractivity contribution in [2.24, 2.45) is 0 Å². The maximum atomic E-state index is 11.8. The lowest BCUT2D eigenvalue weighted by Crippen LogP contribution is -2.50. The lowest BCUT2D eigenvalue weighted by Gasteiger charge is -2.33. The Bertz CT molecular complexity index is 331. The Hall–Kier alpha value is -0.420. The number of alkyl carbamates (subject to hydrolysis) is 1. The van der Waals surface area contributed by atoms with E-state index in [4.69, 9.17) is 4.74 Å². The summed E-state index contributed by atoms with van der Waals surface area (Å²) in [6.45, 7) is 10.8. The van der Waals surface area contributed by atoms with E-state index in [1.807, 2.05) is 32.5 Å². The predicted octanol–water partition coefficient (Wildman–Crippen LogP) is 3.94. The summed E-state index contributed by atoms with van der Waals surface area (Å²) in [7, 11) is 0. The lowest BCUT2D eigenvalue weighted by molar-refractivity contribution is 0.0520. The Morgan fingerprint density at radius 1 is 1.41 bits per heavy atom. The Balaban J connectivity index is 2.44. The van der Waals surface area contributed by atoms with Gasteiger partial charge in [-0.1, -0.05) is 26.7 Å². The summed E-state index contributed by atoms with van der Waals surface area (Å²) in [6.07, 6.45) is 5.67. The highest BCUT2D eigenvalue weighted by atomic mass is 32.2. The number of thioether (sulfide) groups is 1. The molecule has 1 fully saturated rings. The second-order valence-electron chi connectivity index (χ2n) is 7.21. The Morgan fingerprint density at radius 2 is 2.14 bits per heavy atom. The number of unbranched alkanes of at least 4 members (excludes halogenated alkanes) is 1. The molecule has 5 heteroatoms. The first-order chi connectivity index (χ1) is 10.3. The Morgan fingerprint density at radius 3 is 2.73 bits per heavy atom. The van der Waals surface area contributed by atoms with E-state index in [-0.39, 0.29) is 6.09 Å². The molecule has 1 rings (SSSR count). The quantitative estimate of drug-likeness (QED) is 0.742. The van der Waals surface area contributed by atoms with Gasteiger partial charge in [-0.05, 0) is 45.8 Å². The van der Waals surface area contributed by atoms with Gasteiger partial charge in [0.15, 0.2) is 0 Å². The lowest BCUT2D eigenvalue weighted by atomic mass is 10.0. The first-order valence-electron chi connectivity index (χ1n) is 8.66. The van der Waals surface area contributed by atoms with Gasteiger partial charge in [0.2, 0.25) is 0 Å². The van der Waals surface area contributed by atoms with Crippen LogP contribution in [-0.2, 0) is 4.74 Å². The van der Waals surface area contributed by atoms with Gasteiger partial charge < -0.3 is 15.4 Å². The number of nitrogens with one attached hydrogen (secondary N) is 2. The largest absolute Gasteiger partial charge is 0.444 e. The monoisotopic (exact) mass is 330 g/mol. The van der Waals surface area contributed by atoms with Gasteiger partial charge in [0.05, 0.1) is 0 Å². The Labute approximate surface area is 140 Å². The van der Waals surface area contributed by atoms with Gasteiger partial charge in [-0.25, -0.2) is 4.79 Å². The highest BCUT2D eigenvalue weighted by molar-refractivity contribution is 7.99. The van der Waals surface area contributed by atoms with E-state index in [2.05, 4.69) is 24.5 Å². The number of amides is 1. The minimum Gasteiger partial charge on any atom is -0.444 e. The molecule has 0 spiro atoms. The van der Waals surface area contributed by atoms with Gasteiger partial charge in [0.25, 0.3) is 0 Å². The average Bonchev–Trinajstić information content (AvgIpc) is 2.42. The number of hydrogen-bond acceptors (Lipinski definition) is 4. The summed E-state index contributed by atoms with van der Waals surface area (Å²) in [6, 6.07) is 0.889. The summed E-state index contributed by atoms with van der Waals surface area (Å²) < 4.78 is 5.32. The molecule has 0 radical (unpaired) electrons. The normalized spacial score (nSPS) is 23.9. The summed E-state index contributed by atoms with van der Waals surface area (Å²) in [5.74, 6) is 1.27. The predicted molar refractivity (Wildman–Crippen MR) is 95.6 cm³/mol. The zero-order valence-electron chi connectivity index (χ0n) is 14.9. The molecule has 0 aromatic heterocycles. The molecule has 22 heavy (non-hydrogen) atoms. The van der Waals surface area contributed by atoms with Crippen molar-refractivity contribution in [3.05, 3.63) is 0 Å². The summed E-state index contributed by atoms with van der Waals surface area (Å²) in [4.78, 5) is 11.8. The van der Waals surface area contributed by atoms with E-state index in [0.717, 1.165) is 6.42 Å². The maximum Gasteiger partial charge on any atom is 0.407 e. The van der Waals surface area contributed by atoms with Crippen molar-refractivity contribution in [1.82, 2.24) is 10.6 Å². The molecule has 3 unspecified atom stereocenters. The van der Waals surface area contributed by atoms with Gasteiger partial charge in [0.1, 0.15) is 5.60 Å². The standard InChI is InChI=1S/C17H34N2O2S/c1-6-7-9-14(12-18-16(20)21-17(3,4)5)19-15-10-8-11-22-13(15)2/h13-15,19H,6-12H2,1-5H3,(H,18,20). The molecule has 1 amide bonds. The Kier molecular flexibility index (Phi) is 8.62. The van der Waals surface area contributed by atoms with Crippen LogP contribution in [0.5, 0.6) is 0 Å². The van der Waals surface area contributed by atoms with E-state index in [9.17, 15) is 4.79 Å². The molecule has 1 heterocycles. The first kappa shape index (κ1) is 19.6. The molecule has 0 bridgehead atoms. The molecule has 2 N–H and O–H groups in total. The van der Waals surface area contributed by atoms with Crippen molar-refractivity contribution < 1.29 is 9.53 Å². The molecule has 130 valence electrons. The number of rotatable bonds is 7. The smallest absolute Gasteiger partial charge is 0.407 e. The molecule has 0 saturated carbocycles. The van der Waals surface area contributed by atoms with Crippen LogP contribution in [0, 0.1) is 0 Å². The molecule has 1 aliphatic heterocycles. The fraction of sp³-hybridized carbons (Fsp3) is 0.941. The van der Waals surface area contributed by atoms with Crippen LogP contribution in [0.1, 0.15) is 66.7 Å². The number of carbonyl (C=O) groups is 1. The van der Waals surface area contributed by atoms with Crippen molar-refractivity contribution in [2.45, 2.75) is 89.7 Å². The molecular formula is C17H34N2O2S. The van der Waals surface area contributed by atoms with E-state index < -0.39 is 5.60 Å². The highest BCUT2D eigenvalue weighted by Crippen LogP contribution is 2.25. The van der Waals surface area contributed by atoms with Gasteiger partial charge >= 0.3 is 6.09 Å². The van der Waals surface area contributed by atoms with Crippen LogP contribution in [0.2, 0.25) is 0 Å². The second-order valence-corrected chi connectivity index (χ2v) is 8.70. The van der Waals surface area contributed by atoms with E-state index in [1.54, 1.807) is 0 Å². The van der Waals surface area contributed by atoms with Crippen molar-refractivity contribution >= 4 is 17.9 Å². The van der Waals surface area contributed by atoms with Gasteiger partial charge in [-0.15, -0.1) is 0 Å². The zero-order chi connectivity index (χ0) is 16.6. The topological polar surface area (TPSA) is 50.4 Å². The zero-order valence-corrected chi connectivity index (χ0v) is 15.7. The molecular weight excluding hydrogens is 296 g/mol. The van der Waals surface area contributed by atoms with Crippen LogP contribution in [-0.4, -0.2) is 41.3 Å². The summed E-state index contributed by atoms with van der Waals surface area (Å²) >= 11 is 2.05. The molecule has 0 aliphatic carbocycles. The second kappa shape index (κ2) is 9.66. The number of carbonyl (C=O) groups excluding carboxylic acids is 1. The van der Waals surface area contributed by atoms with Crippen LogP contribution < -0.4 is 10.6 Å². The maximum absolute atomic E-state index is 11.8. The van der Waals surface area contributed by atoms with Crippen molar-refractivity contribution in [3.63, 3.8) is 0 Å². The van der Waals surface area contributed by atoms with E-state index >= 15 is 0 Å². The van der Waals surface area contributed by atoms with Crippen molar-refractivity contribution in [3.8, 4) is 0 Å². The molecule has 3 atom stereocenters. The van der Waals surface area contributed by atoms with Crippen LogP contribution in [0.15, 0.2) is 0 Å². The van der Waals surface area contributed by atoms with Crippen LogP contribution >= 0.6 is 11.8 Å². The minimum absolute atomic E-state index is 0.318. The SMILES string of the molecule is CCCCC(CNC(=O)OC(C)(C)C)NC1CCCSC1C. The third kappa shape index (κ3) is 8.28. The molecule has 1 saturated heterocycles. The number of ether oxygens (including phenoxy) is 1.